The lowest BCUT2D eigenvalue weighted by Gasteiger charge is -2.42. The van der Waals surface area contributed by atoms with Gasteiger partial charge in [0.1, 0.15) is 11.8 Å². The molecule has 3 unspecified atom stereocenters. The first kappa shape index (κ1) is 34.1. The van der Waals surface area contributed by atoms with E-state index in [-0.39, 0.29) is 24.1 Å². The van der Waals surface area contributed by atoms with E-state index in [1.165, 1.54) is 64.2 Å². The van der Waals surface area contributed by atoms with Crippen LogP contribution in [0.15, 0.2) is 12.2 Å². The Balaban J connectivity index is 4.67. The van der Waals surface area contributed by atoms with Gasteiger partial charge in [0.15, 0.2) is 0 Å². The molecule has 0 rings (SSSR count). The molecule has 0 radical (unpaired) electrons. The van der Waals surface area contributed by atoms with Crippen molar-refractivity contribution >= 4 is 17.9 Å². The number of hydrogen-bond donors (Lipinski definition) is 2. The van der Waals surface area contributed by atoms with Crippen molar-refractivity contribution in [2.75, 3.05) is 26.2 Å². The van der Waals surface area contributed by atoms with Crippen molar-refractivity contribution in [3.63, 3.8) is 0 Å². The van der Waals surface area contributed by atoms with Crippen molar-refractivity contribution in [3.05, 3.63) is 12.2 Å². The fraction of sp³-hybridized carbons (Fsp3) is 0.828. The summed E-state index contributed by atoms with van der Waals surface area (Å²) in [7, 11) is 0. The maximum atomic E-state index is 11.6. The van der Waals surface area contributed by atoms with Gasteiger partial charge in [-0.25, -0.2) is 0 Å². The SMILES string of the molecule is CCCCCCCCCCCCC/C=C/CC[N+](CC(C)C(=O)[O-])(CC(C)C(=O)O)CC(C)C(=O)O. The molecule has 0 fully saturated rings. The summed E-state index contributed by atoms with van der Waals surface area (Å²) >= 11 is 0. The number of allylic oxidation sites excluding steroid dienone is 1. The fourth-order valence-corrected chi connectivity index (χ4v) is 4.98. The molecule has 0 aliphatic rings. The van der Waals surface area contributed by atoms with Crippen LogP contribution in [-0.4, -0.2) is 58.8 Å². The van der Waals surface area contributed by atoms with E-state index in [9.17, 15) is 29.7 Å². The number of unbranched alkanes of at least 4 members (excludes halogenated alkanes) is 11. The van der Waals surface area contributed by atoms with Crippen molar-refractivity contribution in [2.45, 2.75) is 111 Å². The van der Waals surface area contributed by atoms with Gasteiger partial charge in [0.2, 0.25) is 0 Å². The van der Waals surface area contributed by atoms with Crippen LogP contribution in [0.4, 0.5) is 0 Å². The minimum atomic E-state index is -1.20. The maximum Gasteiger partial charge on any atom is 0.311 e. The third-order valence-electron chi connectivity index (χ3n) is 7.14. The highest BCUT2D eigenvalue weighted by atomic mass is 16.4. The van der Waals surface area contributed by atoms with Gasteiger partial charge in [0.25, 0.3) is 0 Å². The van der Waals surface area contributed by atoms with Crippen LogP contribution < -0.4 is 5.11 Å². The van der Waals surface area contributed by atoms with E-state index >= 15 is 0 Å². The average Bonchev–Trinajstić information content (AvgIpc) is 2.81. The molecule has 0 aromatic heterocycles. The molecule has 0 aromatic rings. The summed E-state index contributed by atoms with van der Waals surface area (Å²) in [6.45, 7) is 8.01. The first-order valence-corrected chi connectivity index (χ1v) is 14.2. The van der Waals surface area contributed by atoms with Gasteiger partial charge >= 0.3 is 11.9 Å². The minimum absolute atomic E-state index is 0.138. The zero-order valence-electron chi connectivity index (χ0n) is 23.4. The predicted molar refractivity (Wildman–Crippen MR) is 142 cm³/mol. The van der Waals surface area contributed by atoms with Crippen LogP contribution in [0.25, 0.3) is 0 Å². The van der Waals surface area contributed by atoms with Gasteiger partial charge in [0.05, 0.1) is 26.2 Å². The highest BCUT2D eigenvalue weighted by Gasteiger charge is 2.36. The molecule has 0 saturated carbocycles. The number of hydrogen-bond acceptors (Lipinski definition) is 4. The van der Waals surface area contributed by atoms with Crippen molar-refractivity contribution in [1.29, 1.82) is 0 Å². The number of carbonyl (C=O) groups excluding carboxylic acids is 1. The highest BCUT2D eigenvalue weighted by Crippen LogP contribution is 2.21. The van der Waals surface area contributed by atoms with Crippen LogP contribution in [0.5, 0.6) is 0 Å². The van der Waals surface area contributed by atoms with Gasteiger partial charge in [-0.3, -0.25) is 9.59 Å². The Morgan fingerprint density at radius 2 is 1.06 bits per heavy atom. The Hall–Kier alpha value is -1.89. The van der Waals surface area contributed by atoms with Crippen LogP contribution in [0.2, 0.25) is 0 Å². The quantitative estimate of drug-likeness (QED) is 0.104. The summed E-state index contributed by atoms with van der Waals surface area (Å²) in [4.78, 5) is 34.6. The molecule has 0 bridgehead atoms. The Morgan fingerprint density at radius 1 is 0.667 bits per heavy atom. The lowest BCUT2D eigenvalue weighted by Crippen LogP contribution is -2.58. The first-order valence-electron chi connectivity index (χ1n) is 14.2. The summed E-state index contributed by atoms with van der Waals surface area (Å²) in [5.41, 5.74) is 0. The van der Waals surface area contributed by atoms with Crippen LogP contribution in [-0.2, 0) is 14.4 Å². The molecule has 0 saturated heterocycles. The van der Waals surface area contributed by atoms with Gasteiger partial charge in [-0.1, -0.05) is 90.2 Å². The molecule has 0 aromatic carbocycles. The number of carboxylic acids is 3. The second-order valence-electron chi connectivity index (χ2n) is 10.9. The third-order valence-corrected chi connectivity index (χ3v) is 7.14. The van der Waals surface area contributed by atoms with Gasteiger partial charge in [-0.2, -0.15) is 0 Å². The van der Waals surface area contributed by atoms with Crippen LogP contribution in [0.3, 0.4) is 0 Å². The summed E-state index contributed by atoms with van der Waals surface area (Å²) in [5, 5.41) is 30.4. The monoisotopic (exact) mass is 511 g/mol. The Morgan fingerprint density at radius 3 is 1.47 bits per heavy atom. The van der Waals surface area contributed by atoms with Gasteiger partial charge in [-0.15, -0.1) is 0 Å². The zero-order valence-corrected chi connectivity index (χ0v) is 23.4. The molecule has 7 heteroatoms. The normalized spacial score (nSPS) is 15.9. The molecular weight excluding hydrogens is 458 g/mol. The summed E-state index contributed by atoms with van der Waals surface area (Å²) in [6, 6.07) is 0. The largest absolute Gasteiger partial charge is 0.550 e. The molecule has 0 amide bonds. The molecular formula is C29H53NO6. The maximum absolute atomic E-state index is 11.6. The van der Waals surface area contributed by atoms with Crippen LogP contribution >= 0.6 is 0 Å². The van der Waals surface area contributed by atoms with Gasteiger partial charge in [-0.05, 0) is 26.7 Å². The molecule has 0 aliphatic carbocycles. The Labute approximate surface area is 219 Å². The van der Waals surface area contributed by atoms with Crippen LogP contribution in [0.1, 0.15) is 111 Å². The topological polar surface area (TPSA) is 115 Å². The van der Waals surface area contributed by atoms with Gasteiger partial charge < -0.3 is 24.6 Å². The zero-order chi connectivity index (χ0) is 27.4. The molecule has 0 spiro atoms. The molecule has 3 atom stereocenters. The summed E-state index contributed by atoms with van der Waals surface area (Å²) in [6.07, 6.45) is 20.2. The second kappa shape index (κ2) is 20.2. The molecule has 210 valence electrons. The van der Waals surface area contributed by atoms with Gasteiger partial charge in [0, 0.05) is 18.3 Å². The van der Waals surface area contributed by atoms with E-state index < -0.39 is 35.7 Å². The first-order chi connectivity index (χ1) is 17.0. The number of aliphatic carboxylic acids is 3. The number of rotatable bonds is 24. The average molecular weight is 512 g/mol. The molecule has 0 heterocycles. The van der Waals surface area contributed by atoms with Crippen LogP contribution in [0, 0.1) is 17.8 Å². The smallest absolute Gasteiger partial charge is 0.311 e. The van der Waals surface area contributed by atoms with Crippen molar-refractivity contribution in [1.82, 2.24) is 0 Å². The van der Waals surface area contributed by atoms with Crippen molar-refractivity contribution in [3.8, 4) is 0 Å². The molecule has 36 heavy (non-hydrogen) atoms. The number of carbonyl (C=O) groups is 3. The van der Waals surface area contributed by atoms with E-state index in [1.807, 2.05) is 0 Å². The Bertz CT molecular complexity index is 593. The molecule has 0 aliphatic heterocycles. The summed E-state index contributed by atoms with van der Waals surface area (Å²) < 4.78 is 0.138. The summed E-state index contributed by atoms with van der Waals surface area (Å²) in [5.74, 6) is -5.34. The van der Waals surface area contributed by atoms with E-state index in [1.54, 1.807) is 20.8 Å². The molecule has 7 nitrogen and oxygen atoms in total. The lowest BCUT2D eigenvalue weighted by molar-refractivity contribution is -0.934. The number of carboxylic acid groups (broad SMARTS) is 3. The third kappa shape index (κ3) is 16.7. The minimum Gasteiger partial charge on any atom is -0.550 e. The number of quaternary nitrogens is 1. The van der Waals surface area contributed by atoms with E-state index in [0.717, 1.165) is 12.8 Å². The second-order valence-corrected chi connectivity index (χ2v) is 10.9. The fourth-order valence-electron chi connectivity index (χ4n) is 4.98. The predicted octanol–water partition coefficient (Wildman–Crippen LogP) is 5.28. The Kier molecular flexibility index (Phi) is 19.1. The van der Waals surface area contributed by atoms with E-state index in [4.69, 9.17) is 0 Å². The standard InChI is InChI=1S/C29H53NO6/c1-5-6-7-8-9-10-11-12-13-14-15-16-17-18-19-20-30(21-24(2)27(31)32,22-25(3)28(33)34)23-26(4)29(35)36/h17-18,24-26H,5-16,19-23H2,1-4H3,(H2-,31,32,33,34,35,36)/b18-17+. The van der Waals surface area contributed by atoms with Crippen molar-refractivity contribution < 1.29 is 34.2 Å². The lowest BCUT2D eigenvalue weighted by atomic mass is 10.0. The highest BCUT2D eigenvalue weighted by molar-refractivity contribution is 5.70. The molecule has 2 N–H and O–H groups in total. The van der Waals surface area contributed by atoms with E-state index in [2.05, 4.69) is 19.1 Å². The number of nitrogens with zero attached hydrogens (tertiary/aromatic N) is 1. The van der Waals surface area contributed by atoms with Crippen molar-refractivity contribution in [2.24, 2.45) is 17.8 Å². The van der Waals surface area contributed by atoms with E-state index in [0.29, 0.717) is 13.0 Å².